The summed E-state index contributed by atoms with van der Waals surface area (Å²) in [6, 6.07) is 5.71. The molecule has 0 unspecified atom stereocenters. The number of benzene rings is 1. The van der Waals surface area contributed by atoms with Crippen LogP contribution >= 0.6 is 0 Å². The van der Waals surface area contributed by atoms with E-state index in [-0.39, 0.29) is 19.1 Å². The molecule has 0 aromatic heterocycles. The molecule has 5 nitrogen and oxygen atoms in total. The Balaban J connectivity index is 2.47. The van der Waals surface area contributed by atoms with Crippen LogP contribution in [0.15, 0.2) is 24.3 Å². The number of aliphatic hydroxyl groups excluding tert-OH is 1. The van der Waals surface area contributed by atoms with Crippen LogP contribution in [0.1, 0.15) is 0 Å². The van der Waals surface area contributed by atoms with Crippen molar-refractivity contribution >= 4 is 11.6 Å². The van der Waals surface area contributed by atoms with E-state index in [1.54, 1.807) is 18.1 Å². The number of hydrogen-bond donors (Lipinski definition) is 2. The number of methoxy groups -OCH3 is 1. The predicted molar refractivity (Wildman–Crippen MR) is 70.4 cm³/mol. The maximum atomic E-state index is 13.0. The van der Waals surface area contributed by atoms with Crippen molar-refractivity contribution in [3.05, 3.63) is 30.1 Å². The molecule has 0 atom stereocenters. The van der Waals surface area contributed by atoms with Crippen LogP contribution in [0.3, 0.4) is 0 Å². The van der Waals surface area contributed by atoms with Crippen molar-refractivity contribution in [2.75, 3.05) is 45.3 Å². The van der Waals surface area contributed by atoms with Crippen molar-refractivity contribution in [3.8, 4) is 0 Å². The number of amides is 1. The smallest absolute Gasteiger partial charge is 0.238 e. The van der Waals surface area contributed by atoms with E-state index in [9.17, 15) is 9.18 Å². The third-order valence-electron chi connectivity index (χ3n) is 2.50. The van der Waals surface area contributed by atoms with Crippen LogP contribution in [0.4, 0.5) is 10.1 Å². The van der Waals surface area contributed by atoms with Crippen LogP contribution in [0.5, 0.6) is 0 Å². The van der Waals surface area contributed by atoms with Crippen LogP contribution in [0.25, 0.3) is 0 Å². The van der Waals surface area contributed by atoms with E-state index in [0.717, 1.165) is 0 Å². The van der Waals surface area contributed by atoms with Crippen molar-refractivity contribution in [2.24, 2.45) is 0 Å². The van der Waals surface area contributed by atoms with E-state index in [2.05, 4.69) is 5.32 Å². The summed E-state index contributed by atoms with van der Waals surface area (Å²) in [5, 5.41) is 11.5. The normalized spacial score (nSPS) is 10.7. The molecule has 106 valence electrons. The summed E-state index contributed by atoms with van der Waals surface area (Å²) >= 11 is 0. The monoisotopic (exact) mass is 270 g/mol. The van der Waals surface area contributed by atoms with E-state index < -0.39 is 5.82 Å². The van der Waals surface area contributed by atoms with Gasteiger partial charge in [0.1, 0.15) is 5.82 Å². The number of carbonyl (C=O) groups is 1. The lowest BCUT2D eigenvalue weighted by molar-refractivity contribution is -0.117. The van der Waals surface area contributed by atoms with Crippen molar-refractivity contribution in [1.82, 2.24) is 4.90 Å². The Morgan fingerprint density at radius 1 is 1.47 bits per heavy atom. The van der Waals surface area contributed by atoms with E-state index in [4.69, 9.17) is 9.84 Å². The topological polar surface area (TPSA) is 61.8 Å². The van der Waals surface area contributed by atoms with Gasteiger partial charge in [-0.15, -0.1) is 0 Å². The minimum atomic E-state index is -0.399. The Morgan fingerprint density at radius 2 is 2.26 bits per heavy atom. The van der Waals surface area contributed by atoms with E-state index >= 15 is 0 Å². The van der Waals surface area contributed by atoms with Gasteiger partial charge in [-0.1, -0.05) is 6.07 Å². The molecule has 0 radical (unpaired) electrons. The van der Waals surface area contributed by atoms with Gasteiger partial charge < -0.3 is 15.2 Å². The standard InChI is InChI=1S/C13H19FN2O3/c1-19-8-6-16(5-7-17)10-13(18)15-12-4-2-3-11(14)9-12/h2-4,9,17H,5-8,10H2,1H3,(H,15,18). The quantitative estimate of drug-likeness (QED) is 0.730. The van der Waals surface area contributed by atoms with Gasteiger partial charge in [0.05, 0.1) is 19.8 Å². The van der Waals surface area contributed by atoms with Crippen molar-refractivity contribution in [3.63, 3.8) is 0 Å². The highest BCUT2D eigenvalue weighted by Crippen LogP contribution is 2.08. The Kier molecular flexibility index (Phi) is 7.02. The molecule has 0 spiro atoms. The number of nitrogens with one attached hydrogen (secondary N) is 1. The van der Waals surface area contributed by atoms with Crippen molar-refractivity contribution in [1.29, 1.82) is 0 Å². The maximum Gasteiger partial charge on any atom is 0.238 e. The highest BCUT2D eigenvalue weighted by Gasteiger charge is 2.10. The number of carbonyl (C=O) groups excluding carboxylic acids is 1. The fourth-order valence-corrected chi connectivity index (χ4v) is 1.60. The molecule has 1 rings (SSSR count). The summed E-state index contributed by atoms with van der Waals surface area (Å²) in [6.45, 7) is 1.51. The first-order valence-electron chi connectivity index (χ1n) is 6.03. The van der Waals surface area contributed by atoms with Crippen LogP contribution in [-0.4, -0.2) is 55.9 Å². The molecule has 1 amide bonds. The zero-order chi connectivity index (χ0) is 14.1. The van der Waals surface area contributed by atoms with Gasteiger partial charge in [-0.25, -0.2) is 4.39 Å². The Bertz CT molecular complexity index is 401. The molecule has 0 saturated carbocycles. The highest BCUT2D eigenvalue weighted by molar-refractivity contribution is 5.92. The van der Waals surface area contributed by atoms with Gasteiger partial charge in [0.25, 0.3) is 0 Å². The molecule has 0 fully saturated rings. The summed E-state index contributed by atoms with van der Waals surface area (Å²) in [7, 11) is 1.57. The van der Waals surface area contributed by atoms with E-state index in [1.807, 2.05) is 0 Å². The summed E-state index contributed by atoms with van der Waals surface area (Å²) in [5.41, 5.74) is 0.417. The molecule has 0 heterocycles. The van der Waals surface area contributed by atoms with E-state index in [1.165, 1.54) is 18.2 Å². The summed E-state index contributed by atoms with van der Waals surface area (Å²) in [5.74, 6) is -0.653. The highest BCUT2D eigenvalue weighted by atomic mass is 19.1. The number of ether oxygens (including phenoxy) is 1. The molecule has 1 aromatic carbocycles. The average Bonchev–Trinajstić information content (AvgIpc) is 2.36. The summed E-state index contributed by atoms with van der Waals surface area (Å²) < 4.78 is 17.9. The Morgan fingerprint density at radius 3 is 2.89 bits per heavy atom. The fourth-order valence-electron chi connectivity index (χ4n) is 1.60. The fraction of sp³-hybridized carbons (Fsp3) is 0.462. The van der Waals surface area contributed by atoms with Gasteiger partial charge in [0.2, 0.25) is 5.91 Å². The molecule has 19 heavy (non-hydrogen) atoms. The summed E-state index contributed by atoms with van der Waals surface area (Å²) in [4.78, 5) is 13.5. The molecular weight excluding hydrogens is 251 g/mol. The summed E-state index contributed by atoms with van der Waals surface area (Å²) in [6.07, 6.45) is 0. The third kappa shape index (κ3) is 6.28. The molecule has 0 saturated heterocycles. The first kappa shape index (κ1) is 15.6. The number of hydrogen-bond acceptors (Lipinski definition) is 4. The number of halogens is 1. The molecule has 0 bridgehead atoms. The van der Waals surface area contributed by atoms with E-state index in [0.29, 0.717) is 25.4 Å². The third-order valence-corrected chi connectivity index (χ3v) is 2.50. The van der Waals surface area contributed by atoms with Gasteiger partial charge in [-0.05, 0) is 18.2 Å². The molecule has 2 N–H and O–H groups in total. The zero-order valence-corrected chi connectivity index (χ0v) is 10.9. The predicted octanol–water partition coefficient (Wildman–Crippen LogP) is 0.705. The van der Waals surface area contributed by atoms with Crippen LogP contribution in [0.2, 0.25) is 0 Å². The van der Waals surface area contributed by atoms with Crippen molar-refractivity contribution in [2.45, 2.75) is 0 Å². The second-order valence-corrected chi connectivity index (χ2v) is 4.05. The lowest BCUT2D eigenvalue weighted by Gasteiger charge is -2.20. The van der Waals surface area contributed by atoms with Crippen LogP contribution < -0.4 is 5.32 Å². The molecule has 0 aliphatic rings. The largest absolute Gasteiger partial charge is 0.395 e. The Labute approximate surface area is 112 Å². The zero-order valence-electron chi connectivity index (χ0n) is 10.9. The van der Waals surface area contributed by atoms with Gasteiger partial charge in [-0.3, -0.25) is 9.69 Å². The second kappa shape index (κ2) is 8.58. The lowest BCUT2D eigenvalue weighted by atomic mass is 10.3. The SMILES string of the molecule is COCCN(CCO)CC(=O)Nc1cccc(F)c1. The van der Waals surface area contributed by atoms with Crippen LogP contribution in [-0.2, 0) is 9.53 Å². The molecule has 0 aliphatic carbocycles. The van der Waals surface area contributed by atoms with Crippen molar-refractivity contribution < 1.29 is 19.0 Å². The van der Waals surface area contributed by atoms with Gasteiger partial charge in [0.15, 0.2) is 0 Å². The second-order valence-electron chi connectivity index (χ2n) is 4.05. The van der Waals surface area contributed by atoms with Gasteiger partial charge >= 0.3 is 0 Å². The van der Waals surface area contributed by atoms with Crippen LogP contribution in [0, 0.1) is 5.82 Å². The van der Waals surface area contributed by atoms with Gasteiger partial charge in [0, 0.05) is 25.9 Å². The van der Waals surface area contributed by atoms with Gasteiger partial charge in [-0.2, -0.15) is 0 Å². The lowest BCUT2D eigenvalue weighted by Crippen LogP contribution is -2.37. The number of aliphatic hydroxyl groups is 1. The Hall–Kier alpha value is -1.50. The number of anilines is 1. The molecule has 0 aliphatic heterocycles. The molecule has 6 heteroatoms. The minimum Gasteiger partial charge on any atom is -0.395 e. The maximum absolute atomic E-state index is 13.0. The average molecular weight is 270 g/mol. The first-order valence-corrected chi connectivity index (χ1v) is 6.03. The number of rotatable bonds is 8. The number of nitrogens with zero attached hydrogens (tertiary/aromatic N) is 1. The first-order chi connectivity index (χ1) is 9.15. The molecule has 1 aromatic rings. The molecular formula is C13H19FN2O3. The minimum absolute atomic E-state index is 0.0308.